The smallest absolute Gasteiger partial charge is 0.261 e. The molecule has 0 aromatic heterocycles. The fraction of sp³-hybridized carbons (Fsp3) is 0. The Morgan fingerprint density at radius 3 is 2.25 bits per heavy atom. The van der Waals surface area contributed by atoms with Crippen molar-refractivity contribution < 1.29 is 26.4 Å². The van der Waals surface area contributed by atoms with Crippen LogP contribution >= 0.6 is 0 Å². The third-order valence-electron chi connectivity index (χ3n) is 3.69. The number of anilines is 2. The van der Waals surface area contributed by atoms with Crippen molar-refractivity contribution in [1.82, 2.24) is 0 Å². The van der Waals surface area contributed by atoms with Crippen molar-refractivity contribution >= 4 is 27.3 Å². The molecule has 144 valence electrons. The molecule has 2 N–H and O–H groups in total. The minimum atomic E-state index is -4.19. The van der Waals surface area contributed by atoms with Gasteiger partial charge in [-0.2, -0.15) is 0 Å². The molecule has 28 heavy (non-hydrogen) atoms. The van der Waals surface area contributed by atoms with E-state index in [1.54, 1.807) is 0 Å². The van der Waals surface area contributed by atoms with Gasteiger partial charge in [-0.05, 0) is 48.5 Å². The highest BCUT2D eigenvalue weighted by Crippen LogP contribution is 2.22. The van der Waals surface area contributed by atoms with Gasteiger partial charge in [-0.3, -0.25) is 9.52 Å². The van der Waals surface area contributed by atoms with Crippen LogP contribution in [-0.2, 0) is 10.0 Å². The molecule has 0 aliphatic heterocycles. The Kier molecular flexibility index (Phi) is 5.36. The van der Waals surface area contributed by atoms with Crippen molar-refractivity contribution in [3.63, 3.8) is 0 Å². The van der Waals surface area contributed by atoms with Gasteiger partial charge in [0, 0.05) is 0 Å². The summed E-state index contributed by atoms with van der Waals surface area (Å²) in [6.07, 6.45) is 0. The number of sulfonamides is 1. The maximum atomic E-state index is 14.3. The molecule has 0 unspecified atom stereocenters. The average Bonchev–Trinajstić information content (AvgIpc) is 2.63. The van der Waals surface area contributed by atoms with Gasteiger partial charge < -0.3 is 5.32 Å². The van der Waals surface area contributed by atoms with Crippen LogP contribution in [-0.4, -0.2) is 14.3 Å². The largest absolute Gasteiger partial charge is 0.319 e. The standard InChI is InChI=1S/C19H13F3N2O3S/c20-12-4-3-5-13(10-12)24-28(26,27)14-8-9-18(17(22)11-14)23-19(25)15-6-1-2-7-16(15)21/h1-11,24H,(H,23,25). The molecule has 0 radical (unpaired) electrons. The summed E-state index contributed by atoms with van der Waals surface area (Å²) in [7, 11) is -4.19. The number of hydrogen-bond donors (Lipinski definition) is 2. The van der Waals surface area contributed by atoms with Gasteiger partial charge in [-0.25, -0.2) is 21.6 Å². The predicted molar refractivity (Wildman–Crippen MR) is 98.0 cm³/mol. The van der Waals surface area contributed by atoms with Crippen molar-refractivity contribution in [2.75, 3.05) is 10.0 Å². The van der Waals surface area contributed by atoms with Crippen molar-refractivity contribution in [1.29, 1.82) is 0 Å². The molecular formula is C19H13F3N2O3S. The minimum absolute atomic E-state index is 0.0302. The SMILES string of the molecule is O=C(Nc1ccc(S(=O)(=O)Nc2cccc(F)c2)cc1F)c1ccccc1F. The molecule has 1 amide bonds. The van der Waals surface area contributed by atoms with Crippen LogP contribution in [0.5, 0.6) is 0 Å². The van der Waals surface area contributed by atoms with Gasteiger partial charge in [-0.1, -0.05) is 18.2 Å². The molecule has 9 heteroatoms. The van der Waals surface area contributed by atoms with Crippen molar-refractivity contribution in [2.24, 2.45) is 0 Å². The molecule has 0 saturated carbocycles. The predicted octanol–water partition coefficient (Wildman–Crippen LogP) is 4.16. The van der Waals surface area contributed by atoms with Gasteiger partial charge in [0.25, 0.3) is 15.9 Å². The number of carbonyl (C=O) groups excluding carboxylic acids is 1. The number of benzene rings is 3. The summed E-state index contributed by atoms with van der Waals surface area (Å²) in [6, 6.07) is 12.7. The molecule has 3 rings (SSSR count). The molecule has 5 nitrogen and oxygen atoms in total. The highest BCUT2D eigenvalue weighted by atomic mass is 32.2. The van der Waals surface area contributed by atoms with Crippen molar-refractivity contribution in [2.45, 2.75) is 4.90 Å². The number of hydrogen-bond acceptors (Lipinski definition) is 3. The Balaban J connectivity index is 1.82. The summed E-state index contributed by atoms with van der Waals surface area (Å²) in [4.78, 5) is 11.6. The molecular weight excluding hydrogens is 393 g/mol. The van der Waals surface area contributed by atoms with E-state index in [1.807, 2.05) is 0 Å². The number of rotatable bonds is 5. The summed E-state index contributed by atoms with van der Waals surface area (Å²) in [5.41, 5.74) is -0.637. The van der Waals surface area contributed by atoms with E-state index in [-0.39, 0.29) is 16.9 Å². The third kappa shape index (κ3) is 4.32. The van der Waals surface area contributed by atoms with Gasteiger partial charge in [-0.15, -0.1) is 0 Å². The van der Waals surface area contributed by atoms with E-state index < -0.39 is 38.3 Å². The van der Waals surface area contributed by atoms with E-state index in [4.69, 9.17) is 0 Å². The Labute approximate surface area is 158 Å². The van der Waals surface area contributed by atoms with Crippen molar-refractivity contribution in [3.8, 4) is 0 Å². The van der Waals surface area contributed by atoms with Gasteiger partial charge >= 0.3 is 0 Å². The molecule has 0 heterocycles. The summed E-state index contributed by atoms with van der Waals surface area (Å²) in [5, 5.41) is 2.18. The monoisotopic (exact) mass is 406 g/mol. The fourth-order valence-electron chi connectivity index (χ4n) is 2.37. The Hall–Kier alpha value is -3.33. The van der Waals surface area contributed by atoms with Crippen LogP contribution in [0.4, 0.5) is 24.5 Å². The Bertz CT molecular complexity index is 1150. The topological polar surface area (TPSA) is 75.3 Å². The normalized spacial score (nSPS) is 11.1. The van der Waals surface area contributed by atoms with E-state index in [0.717, 1.165) is 30.3 Å². The zero-order valence-corrected chi connectivity index (χ0v) is 14.9. The molecule has 3 aromatic carbocycles. The fourth-order valence-corrected chi connectivity index (χ4v) is 3.43. The summed E-state index contributed by atoms with van der Waals surface area (Å²) >= 11 is 0. The van der Waals surface area contributed by atoms with Gasteiger partial charge in [0.1, 0.15) is 17.5 Å². The quantitative estimate of drug-likeness (QED) is 0.668. The van der Waals surface area contributed by atoms with Crippen LogP contribution < -0.4 is 10.0 Å². The lowest BCUT2D eigenvalue weighted by Crippen LogP contribution is -2.16. The molecule has 0 fully saturated rings. The minimum Gasteiger partial charge on any atom is -0.319 e. The highest BCUT2D eigenvalue weighted by Gasteiger charge is 2.18. The first-order chi connectivity index (χ1) is 13.3. The van der Waals surface area contributed by atoms with Crippen LogP contribution in [0.25, 0.3) is 0 Å². The molecule has 3 aromatic rings. The molecule has 0 aliphatic carbocycles. The molecule has 0 saturated heterocycles. The Morgan fingerprint density at radius 2 is 1.57 bits per heavy atom. The maximum absolute atomic E-state index is 14.3. The molecule has 0 bridgehead atoms. The van der Waals surface area contributed by atoms with E-state index in [0.29, 0.717) is 6.07 Å². The number of halogens is 3. The number of nitrogens with one attached hydrogen (secondary N) is 2. The van der Waals surface area contributed by atoms with E-state index in [1.165, 1.54) is 30.3 Å². The molecule has 0 atom stereocenters. The van der Waals surface area contributed by atoms with Gasteiger partial charge in [0.15, 0.2) is 0 Å². The van der Waals surface area contributed by atoms with Gasteiger partial charge in [0.05, 0.1) is 21.8 Å². The van der Waals surface area contributed by atoms with Crippen molar-refractivity contribution in [3.05, 3.63) is 89.7 Å². The molecule has 0 spiro atoms. The maximum Gasteiger partial charge on any atom is 0.261 e. The lowest BCUT2D eigenvalue weighted by atomic mass is 10.2. The number of carbonyl (C=O) groups is 1. The first kappa shape index (κ1) is 19.4. The molecule has 0 aliphatic rings. The number of amides is 1. The zero-order chi connectivity index (χ0) is 20.3. The van der Waals surface area contributed by atoms with Gasteiger partial charge in [0.2, 0.25) is 0 Å². The van der Waals surface area contributed by atoms with Crippen LogP contribution in [0.15, 0.2) is 71.6 Å². The second-order valence-corrected chi connectivity index (χ2v) is 7.37. The lowest BCUT2D eigenvalue weighted by Gasteiger charge is -2.11. The van der Waals surface area contributed by atoms with E-state index in [2.05, 4.69) is 10.0 Å². The Morgan fingerprint density at radius 1 is 0.821 bits per heavy atom. The summed E-state index contributed by atoms with van der Waals surface area (Å²) < 4.78 is 67.9. The zero-order valence-electron chi connectivity index (χ0n) is 14.1. The van der Waals surface area contributed by atoms with E-state index >= 15 is 0 Å². The first-order valence-corrected chi connectivity index (χ1v) is 9.38. The van der Waals surface area contributed by atoms with Crippen LogP contribution in [0.3, 0.4) is 0 Å². The second kappa shape index (κ2) is 7.73. The second-order valence-electron chi connectivity index (χ2n) is 5.69. The van der Waals surface area contributed by atoms with Crippen LogP contribution in [0.1, 0.15) is 10.4 Å². The highest BCUT2D eigenvalue weighted by molar-refractivity contribution is 7.92. The summed E-state index contributed by atoms with van der Waals surface area (Å²) in [6.45, 7) is 0. The third-order valence-corrected chi connectivity index (χ3v) is 5.07. The first-order valence-electron chi connectivity index (χ1n) is 7.90. The van der Waals surface area contributed by atoms with Crippen LogP contribution in [0.2, 0.25) is 0 Å². The van der Waals surface area contributed by atoms with E-state index in [9.17, 15) is 26.4 Å². The van der Waals surface area contributed by atoms with Crippen LogP contribution in [0, 0.1) is 17.5 Å². The lowest BCUT2D eigenvalue weighted by molar-refractivity contribution is 0.102. The average molecular weight is 406 g/mol. The summed E-state index contributed by atoms with van der Waals surface area (Å²) in [5.74, 6) is -3.34.